The van der Waals surface area contributed by atoms with Crippen LogP contribution < -0.4 is 5.32 Å². The van der Waals surface area contributed by atoms with Gasteiger partial charge in [-0.2, -0.15) is 0 Å². The fourth-order valence-corrected chi connectivity index (χ4v) is 1.73. The summed E-state index contributed by atoms with van der Waals surface area (Å²) in [6, 6.07) is 8.83. The Morgan fingerprint density at radius 2 is 1.85 bits per heavy atom. The zero-order chi connectivity index (χ0) is 15.2. The van der Waals surface area contributed by atoms with Crippen molar-refractivity contribution in [2.24, 2.45) is 5.41 Å². The minimum absolute atomic E-state index is 0.208. The average molecular weight is 277 g/mol. The maximum Gasteiger partial charge on any atom is 0.326 e. The maximum absolute atomic E-state index is 12.0. The number of hydrogen-bond donors (Lipinski definition) is 2. The molecule has 0 aromatic heterocycles. The van der Waals surface area contributed by atoms with Gasteiger partial charge in [-0.05, 0) is 24.8 Å². The minimum atomic E-state index is -0.985. The third-order valence-electron chi connectivity index (χ3n) is 3.67. The van der Waals surface area contributed by atoms with E-state index in [1.165, 1.54) is 0 Å². The molecule has 1 amide bonds. The molecule has 1 rings (SSSR count). The number of aliphatic carboxylic acids is 1. The van der Waals surface area contributed by atoms with E-state index in [-0.39, 0.29) is 5.91 Å². The normalized spacial score (nSPS) is 12.8. The van der Waals surface area contributed by atoms with Gasteiger partial charge in [-0.25, -0.2) is 4.79 Å². The summed E-state index contributed by atoms with van der Waals surface area (Å²) in [4.78, 5) is 23.3. The first kappa shape index (κ1) is 16.2. The second kappa shape index (κ2) is 7.08. The average Bonchev–Trinajstić information content (AvgIpc) is 2.43. The molecule has 1 atom stereocenters. The predicted octanol–water partition coefficient (Wildman–Crippen LogP) is 2.62. The Balaban J connectivity index is 2.62. The minimum Gasteiger partial charge on any atom is -0.480 e. The molecule has 0 aliphatic heterocycles. The first-order valence-corrected chi connectivity index (χ1v) is 6.94. The van der Waals surface area contributed by atoms with Crippen molar-refractivity contribution in [3.63, 3.8) is 0 Å². The van der Waals surface area contributed by atoms with Crippen molar-refractivity contribution in [1.82, 2.24) is 5.32 Å². The van der Waals surface area contributed by atoms with Crippen molar-refractivity contribution in [3.8, 4) is 0 Å². The molecule has 0 saturated heterocycles. The largest absolute Gasteiger partial charge is 0.480 e. The number of carbonyl (C=O) groups is 2. The molecule has 0 saturated carbocycles. The van der Waals surface area contributed by atoms with Crippen LogP contribution in [0.4, 0.5) is 0 Å². The molecular weight excluding hydrogens is 254 g/mol. The molecule has 1 aromatic carbocycles. The van der Waals surface area contributed by atoms with Crippen molar-refractivity contribution in [2.75, 3.05) is 0 Å². The summed E-state index contributed by atoms with van der Waals surface area (Å²) < 4.78 is 0. The molecule has 1 aromatic rings. The highest BCUT2D eigenvalue weighted by Gasteiger charge is 2.29. The van der Waals surface area contributed by atoms with Gasteiger partial charge in [-0.3, -0.25) is 4.79 Å². The lowest BCUT2D eigenvalue weighted by Gasteiger charge is -2.24. The first-order valence-electron chi connectivity index (χ1n) is 6.94. The second-order valence-corrected chi connectivity index (χ2v) is 5.63. The molecule has 0 bridgehead atoms. The van der Waals surface area contributed by atoms with E-state index in [9.17, 15) is 14.7 Å². The van der Waals surface area contributed by atoms with Crippen molar-refractivity contribution >= 4 is 11.9 Å². The van der Waals surface area contributed by atoms with E-state index < -0.39 is 17.4 Å². The summed E-state index contributed by atoms with van der Waals surface area (Å²) in [7, 11) is 0. The van der Waals surface area contributed by atoms with Gasteiger partial charge in [-0.15, -0.1) is 0 Å². The van der Waals surface area contributed by atoms with Gasteiger partial charge in [0.15, 0.2) is 0 Å². The van der Waals surface area contributed by atoms with Gasteiger partial charge in [0.25, 0.3) is 0 Å². The van der Waals surface area contributed by atoms with E-state index >= 15 is 0 Å². The van der Waals surface area contributed by atoms with Crippen LogP contribution in [0.1, 0.15) is 39.2 Å². The van der Waals surface area contributed by atoms with Gasteiger partial charge < -0.3 is 10.4 Å². The zero-order valence-electron chi connectivity index (χ0n) is 12.3. The molecule has 1 unspecified atom stereocenters. The molecule has 110 valence electrons. The first-order chi connectivity index (χ1) is 9.36. The molecule has 0 aliphatic rings. The van der Waals surface area contributed by atoms with Crippen LogP contribution in [0.25, 0.3) is 0 Å². The maximum atomic E-state index is 12.0. The van der Waals surface area contributed by atoms with Crippen LogP contribution >= 0.6 is 0 Å². The molecule has 0 fully saturated rings. The molecular formula is C16H23NO3. The van der Waals surface area contributed by atoms with Crippen LogP contribution in [-0.4, -0.2) is 23.0 Å². The van der Waals surface area contributed by atoms with E-state index in [2.05, 4.69) is 5.32 Å². The summed E-state index contributed by atoms with van der Waals surface area (Å²) in [5.74, 6) is -1.19. The monoisotopic (exact) mass is 277 g/mol. The number of carboxylic acids is 1. The van der Waals surface area contributed by atoms with Gasteiger partial charge in [0.2, 0.25) is 5.91 Å². The lowest BCUT2D eigenvalue weighted by molar-refractivity contribution is -0.143. The number of amides is 1. The van der Waals surface area contributed by atoms with Crippen LogP contribution in [0.5, 0.6) is 0 Å². The lowest BCUT2D eigenvalue weighted by Crippen LogP contribution is -2.46. The van der Waals surface area contributed by atoms with Gasteiger partial charge >= 0.3 is 5.97 Å². The van der Waals surface area contributed by atoms with Crippen LogP contribution in [-0.2, 0) is 16.0 Å². The van der Waals surface area contributed by atoms with E-state index in [0.29, 0.717) is 19.3 Å². The van der Waals surface area contributed by atoms with Crippen LogP contribution in [0.3, 0.4) is 0 Å². The Labute approximate surface area is 120 Å². The van der Waals surface area contributed by atoms with Crippen LogP contribution in [0.15, 0.2) is 30.3 Å². The highest BCUT2D eigenvalue weighted by Crippen LogP contribution is 2.20. The Bertz CT molecular complexity index is 454. The summed E-state index contributed by atoms with van der Waals surface area (Å²) in [5, 5.41) is 11.9. The summed E-state index contributed by atoms with van der Waals surface area (Å²) in [6.45, 7) is 5.55. The fraction of sp³-hybridized carbons (Fsp3) is 0.500. The number of carboxylic acid groups (broad SMARTS) is 1. The molecule has 20 heavy (non-hydrogen) atoms. The molecule has 2 N–H and O–H groups in total. The smallest absolute Gasteiger partial charge is 0.326 e. The molecule has 0 radical (unpaired) electrons. The Morgan fingerprint density at radius 1 is 1.25 bits per heavy atom. The highest BCUT2D eigenvalue weighted by atomic mass is 16.4. The topological polar surface area (TPSA) is 66.4 Å². The molecule has 0 aliphatic carbocycles. The summed E-state index contributed by atoms with van der Waals surface area (Å²) in [5.41, 5.74) is 0.531. The van der Waals surface area contributed by atoms with Gasteiger partial charge in [0, 0.05) is 5.41 Å². The third kappa shape index (κ3) is 4.68. The Hall–Kier alpha value is -1.84. The predicted molar refractivity (Wildman–Crippen MR) is 78.4 cm³/mol. The number of nitrogens with one attached hydrogen (secondary N) is 1. The zero-order valence-corrected chi connectivity index (χ0v) is 12.3. The number of benzene rings is 1. The number of aryl methyl sites for hydroxylation is 1. The summed E-state index contributed by atoms with van der Waals surface area (Å²) in [6.07, 6.45) is 1.69. The van der Waals surface area contributed by atoms with Crippen molar-refractivity contribution in [2.45, 2.75) is 46.1 Å². The standard InChI is InChI=1S/C16H23NO3/c1-4-16(2,3)15(20)17-13(14(18)19)11-10-12-8-6-5-7-9-12/h5-9,13H,4,10-11H2,1-3H3,(H,17,20)(H,18,19). The highest BCUT2D eigenvalue weighted by molar-refractivity contribution is 5.86. The number of rotatable bonds is 7. The Kier molecular flexibility index (Phi) is 5.74. The van der Waals surface area contributed by atoms with Crippen molar-refractivity contribution in [1.29, 1.82) is 0 Å². The third-order valence-corrected chi connectivity index (χ3v) is 3.67. The van der Waals surface area contributed by atoms with E-state index in [1.807, 2.05) is 51.1 Å². The Morgan fingerprint density at radius 3 is 2.35 bits per heavy atom. The lowest BCUT2D eigenvalue weighted by atomic mass is 9.88. The SMILES string of the molecule is CCC(C)(C)C(=O)NC(CCc1ccccc1)C(=O)O. The van der Waals surface area contributed by atoms with Crippen molar-refractivity contribution in [3.05, 3.63) is 35.9 Å². The molecule has 4 nitrogen and oxygen atoms in total. The van der Waals surface area contributed by atoms with E-state index in [0.717, 1.165) is 5.56 Å². The van der Waals surface area contributed by atoms with Gasteiger partial charge in [-0.1, -0.05) is 51.1 Å². The van der Waals surface area contributed by atoms with E-state index in [1.54, 1.807) is 0 Å². The second-order valence-electron chi connectivity index (χ2n) is 5.63. The van der Waals surface area contributed by atoms with E-state index in [4.69, 9.17) is 0 Å². The number of carbonyl (C=O) groups excluding carboxylic acids is 1. The van der Waals surface area contributed by atoms with Gasteiger partial charge in [0.05, 0.1) is 0 Å². The van der Waals surface area contributed by atoms with Crippen molar-refractivity contribution < 1.29 is 14.7 Å². The molecule has 0 spiro atoms. The van der Waals surface area contributed by atoms with Gasteiger partial charge in [0.1, 0.15) is 6.04 Å². The molecule has 4 heteroatoms. The number of hydrogen-bond acceptors (Lipinski definition) is 2. The fourth-order valence-electron chi connectivity index (χ4n) is 1.73. The summed E-state index contributed by atoms with van der Waals surface area (Å²) >= 11 is 0. The quantitative estimate of drug-likeness (QED) is 0.805. The molecule has 0 heterocycles. The van der Waals surface area contributed by atoms with Crippen LogP contribution in [0.2, 0.25) is 0 Å². The van der Waals surface area contributed by atoms with Crippen LogP contribution in [0, 0.1) is 5.41 Å².